The Labute approximate surface area is 88.6 Å². The van der Waals surface area contributed by atoms with Crippen LogP contribution in [0.25, 0.3) is 11.0 Å². The minimum absolute atomic E-state index is 0.750. The second kappa shape index (κ2) is 4.77. The van der Waals surface area contributed by atoms with Gasteiger partial charge in [0, 0.05) is 0 Å². The molecular weight excluding hydrogens is 190 g/mol. The van der Waals surface area contributed by atoms with Crippen LogP contribution >= 0.6 is 0 Å². The van der Waals surface area contributed by atoms with Crippen molar-refractivity contribution in [3.63, 3.8) is 0 Å². The summed E-state index contributed by atoms with van der Waals surface area (Å²) in [4.78, 5) is 0. The number of unbranched alkanes of at least 4 members (excludes halogenated alkanes) is 2. The van der Waals surface area contributed by atoms with Crippen molar-refractivity contribution in [1.29, 1.82) is 0 Å². The summed E-state index contributed by atoms with van der Waals surface area (Å²) in [7, 11) is 0. The summed E-state index contributed by atoms with van der Waals surface area (Å²) in [5, 5.41) is 10.6. The van der Waals surface area contributed by atoms with Gasteiger partial charge in [-0.2, -0.15) is 0 Å². The molecule has 2 aromatic rings. The minimum atomic E-state index is 0.750. The lowest BCUT2D eigenvalue weighted by atomic mass is 10.2. The topological polar surface area (TPSA) is 50.8 Å². The van der Waals surface area contributed by atoms with E-state index >= 15 is 0 Å². The first-order valence-electron chi connectivity index (χ1n) is 5.34. The zero-order chi connectivity index (χ0) is 10.5. The predicted octanol–water partition coefficient (Wildman–Crippen LogP) is 2.53. The molecule has 0 spiro atoms. The fourth-order valence-electron chi connectivity index (χ4n) is 1.50. The summed E-state index contributed by atoms with van der Waals surface area (Å²) < 4.78 is 5.66. The molecule has 0 bridgehead atoms. The third kappa shape index (κ3) is 2.26. The first kappa shape index (κ1) is 9.96. The van der Waals surface area contributed by atoms with Crippen LogP contribution in [0.5, 0.6) is 5.75 Å². The van der Waals surface area contributed by atoms with Crippen LogP contribution in [0.2, 0.25) is 0 Å². The van der Waals surface area contributed by atoms with Crippen molar-refractivity contribution >= 4 is 11.0 Å². The number of nitrogens with one attached hydrogen (secondary N) is 1. The van der Waals surface area contributed by atoms with Crippen molar-refractivity contribution < 1.29 is 4.74 Å². The van der Waals surface area contributed by atoms with E-state index in [1.54, 1.807) is 0 Å². The number of H-pyrrole nitrogens is 1. The zero-order valence-corrected chi connectivity index (χ0v) is 8.86. The van der Waals surface area contributed by atoms with E-state index in [-0.39, 0.29) is 0 Å². The Morgan fingerprint density at radius 3 is 3.13 bits per heavy atom. The number of aromatic nitrogens is 3. The van der Waals surface area contributed by atoms with E-state index < -0.39 is 0 Å². The Balaban J connectivity index is 2.04. The third-order valence-electron chi connectivity index (χ3n) is 2.32. The predicted molar refractivity (Wildman–Crippen MR) is 58.9 cm³/mol. The number of hydrogen-bond acceptors (Lipinski definition) is 3. The van der Waals surface area contributed by atoms with Crippen molar-refractivity contribution in [1.82, 2.24) is 15.4 Å². The summed E-state index contributed by atoms with van der Waals surface area (Å²) in [6.07, 6.45) is 3.50. The van der Waals surface area contributed by atoms with E-state index in [0.29, 0.717) is 0 Å². The van der Waals surface area contributed by atoms with E-state index in [1.807, 2.05) is 18.2 Å². The van der Waals surface area contributed by atoms with Gasteiger partial charge in [-0.1, -0.05) is 31.0 Å². The van der Waals surface area contributed by atoms with Crippen LogP contribution in [-0.4, -0.2) is 22.0 Å². The first-order valence-corrected chi connectivity index (χ1v) is 5.34. The summed E-state index contributed by atoms with van der Waals surface area (Å²) >= 11 is 0. The number of hydrogen-bond donors (Lipinski definition) is 1. The molecule has 0 saturated heterocycles. The molecule has 0 aliphatic heterocycles. The van der Waals surface area contributed by atoms with Crippen LogP contribution in [0.4, 0.5) is 0 Å². The number of ether oxygens (including phenoxy) is 1. The lowest BCUT2D eigenvalue weighted by Gasteiger charge is -2.05. The summed E-state index contributed by atoms with van der Waals surface area (Å²) in [6, 6.07) is 5.81. The molecule has 1 heterocycles. The van der Waals surface area contributed by atoms with Crippen molar-refractivity contribution in [2.45, 2.75) is 26.2 Å². The molecule has 0 atom stereocenters. The van der Waals surface area contributed by atoms with Gasteiger partial charge in [0.15, 0.2) is 5.52 Å². The van der Waals surface area contributed by atoms with Gasteiger partial charge < -0.3 is 4.74 Å². The third-order valence-corrected chi connectivity index (χ3v) is 2.32. The Bertz CT molecular complexity index is 424. The molecule has 4 heteroatoms. The van der Waals surface area contributed by atoms with Gasteiger partial charge in [0.2, 0.25) is 0 Å². The van der Waals surface area contributed by atoms with Crippen LogP contribution < -0.4 is 4.74 Å². The minimum Gasteiger partial charge on any atom is -0.491 e. The highest BCUT2D eigenvalue weighted by Crippen LogP contribution is 2.21. The monoisotopic (exact) mass is 205 g/mol. The molecule has 0 saturated carbocycles. The summed E-state index contributed by atoms with van der Waals surface area (Å²) in [5.41, 5.74) is 1.73. The Morgan fingerprint density at radius 2 is 2.27 bits per heavy atom. The molecule has 0 amide bonds. The van der Waals surface area contributed by atoms with Gasteiger partial charge in [-0.3, -0.25) is 5.10 Å². The molecule has 0 fully saturated rings. The number of rotatable bonds is 5. The van der Waals surface area contributed by atoms with Crippen molar-refractivity contribution in [3.8, 4) is 5.75 Å². The summed E-state index contributed by atoms with van der Waals surface area (Å²) in [5.74, 6) is 0.817. The molecule has 0 aliphatic carbocycles. The highest BCUT2D eigenvalue weighted by molar-refractivity contribution is 5.80. The maximum absolute atomic E-state index is 5.66. The quantitative estimate of drug-likeness (QED) is 0.763. The lowest BCUT2D eigenvalue weighted by Crippen LogP contribution is -1.97. The molecule has 2 rings (SSSR count). The maximum Gasteiger partial charge on any atom is 0.154 e. The molecule has 0 radical (unpaired) electrons. The Morgan fingerprint density at radius 1 is 1.33 bits per heavy atom. The van der Waals surface area contributed by atoms with Crippen LogP contribution in [0.1, 0.15) is 26.2 Å². The highest BCUT2D eigenvalue weighted by atomic mass is 16.5. The van der Waals surface area contributed by atoms with Crippen molar-refractivity contribution in [3.05, 3.63) is 18.2 Å². The standard InChI is InChI=1S/C11H15N3O/c1-2-3-4-8-15-10-7-5-6-9-11(10)13-14-12-9/h5-7H,2-4,8H2,1H3,(H,12,13,14). The molecule has 4 nitrogen and oxygen atoms in total. The highest BCUT2D eigenvalue weighted by Gasteiger charge is 2.04. The molecule has 80 valence electrons. The van der Waals surface area contributed by atoms with Gasteiger partial charge >= 0.3 is 0 Å². The van der Waals surface area contributed by atoms with E-state index in [1.165, 1.54) is 12.8 Å². The smallest absolute Gasteiger partial charge is 0.154 e. The zero-order valence-electron chi connectivity index (χ0n) is 8.86. The average molecular weight is 205 g/mol. The van der Waals surface area contributed by atoms with Gasteiger partial charge in [-0.15, -0.1) is 5.10 Å². The molecule has 0 aliphatic rings. The van der Waals surface area contributed by atoms with E-state index in [9.17, 15) is 0 Å². The fourth-order valence-corrected chi connectivity index (χ4v) is 1.50. The van der Waals surface area contributed by atoms with E-state index in [4.69, 9.17) is 4.74 Å². The first-order chi connectivity index (χ1) is 7.42. The van der Waals surface area contributed by atoms with Gasteiger partial charge in [0.25, 0.3) is 0 Å². The van der Waals surface area contributed by atoms with Gasteiger partial charge in [0.1, 0.15) is 5.75 Å². The van der Waals surface area contributed by atoms with Gasteiger partial charge in [-0.25, -0.2) is 0 Å². The van der Waals surface area contributed by atoms with Gasteiger partial charge in [-0.05, 0) is 18.6 Å². The lowest BCUT2D eigenvalue weighted by molar-refractivity contribution is 0.309. The van der Waals surface area contributed by atoms with Crippen molar-refractivity contribution in [2.75, 3.05) is 6.61 Å². The molecule has 1 aromatic carbocycles. The van der Waals surface area contributed by atoms with Crippen LogP contribution in [-0.2, 0) is 0 Å². The van der Waals surface area contributed by atoms with E-state index in [0.717, 1.165) is 29.8 Å². The van der Waals surface area contributed by atoms with Crippen molar-refractivity contribution in [2.24, 2.45) is 0 Å². The maximum atomic E-state index is 5.66. The summed E-state index contributed by atoms with van der Waals surface area (Å²) in [6.45, 7) is 2.93. The number of nitrogens with zero attached hydrogens (tertiary/aromatic N) is 2. The van der Waals surface area contributed by atoms with Crippen LogP contribution in [0, 0.1) is 0 Å². The molecule has 0 unspecified atom stereocenters. The number of benzene rings is 1. The fraction of sp³-hybridized carbons (Fsp3) is 0.455. The average Bonchev–Trinajstić information content (AvgIpc) is 2.73. The molecular formula is C11H15N3O. The van der Waals surface area contributed by atoms with Crippen LogP contribution in [0.15, 0.2) is 18.2 Å². The number of aromatic amines is 1. The molecule has 1 N–H and O–H groups in total. The van der Waals surface area contributed by atoms with Gasteiger partial charge in [0.05, 0.1) is 12.1 Å². The second-order valence-corrected chi connectivity index (χ2v) is 3.52. The molecule has 15 heavy (non-hydrogen) atoms. The second-order valence-electron chi connectivity index (χ2n) is 3.52. The molecule has 1 aromatic heterocycles. The van der Waals surface area contributed by atoms with E-state index in [2.05, 4.69) is 22.3 Å². The van der Waals surface area contributed by atoms with Crippen LogP contribution in [0.3, 0.4) is 0 Å². The normalized spacial score (nSPS) is 10.7. The Kier molecular flexibility index (Phi) is 3.17. The SMILES string of the molecule is CCCCCOc1cccc2[nH]nnc12. The largest absolute Gasteiger partial charge is 0.491 e. The Hall–Kier alpha value is -1.58. The number of fused-ring (bicyclic) bond motifs is 1.